The summed E-state index contributed by atoms with van der Waals surface area (Å²) in [5.41, 5.74) is -0.00574. The number of nitrogens with one attached hydrogen (secondary N) is 2. The molecule has 8 heteroatoms. The number of carbonyl (C=O) groups excluding carboxylic acids is 4. The zero-order valence-corrected chi connectivity index (χ0v) is 11.5. The van der Waals surface area contributed by atoms with Gasteiger partial charge in [-0.15, -0.1) is 0 Å². The monoisotopic (exact) mass is 294 g/mol. The van der Waals surface area contributed by atoms with E-state index >= 15 is 0 Å². The number of carbonyl (C=O) groups is 4. The van der Waals surface area contributed by atoms with Crippen molar-refractivity contribution in [3.63, 3.8) is 0 Å². The maximum absolute atomic E-state index is 11.8. The van der Waals surface area contributed by atoms with Gasteiger partial charge in [-0.3, -0.25) is 10.1 Å². The van der Waals surface area contributed by atoms with E-state index in [2.05, 4.69) is 10.1 Å². The summed E-state index contributed by atoms with van der Waals surface area (Å²) in [7, 11) is 2.52. The first kappa shape index (κ1) is 16.2. The molecule has 1 aromatic rings. The van der Waals surface area contributed by atoms with Crippen LogP contribution in [0, 0.1) is 0 Å². The first-order valence-corrected chi connectivity index (χ1v) is 5.85. The molecule has 21 heavy (non-hydrogen) atoms. The topological polar surface area (TPSA) is 111 Å². The molecule has 0 spiro atoms. The van der Waals surface area contributed by atoms with Gasteiger partial charge in [0.1, 0.15) is 0 Å². The van der Waals surface area contributed by atoms with E-state index in [1.165, 1.54) is 32.4 Å². The van der Waals surface area contributed by atoms with Crippen molar-refractivity contribution < 1.29 is 28.7 Å². The van der Waals surface area contributed by atoms with Crippen molar-refractivity contribution in [1.82, 2.24) is 10.6 Å². The molecule has 0 fully saturated rings. The van der Waals surface area contributed by atoms with Crippen molar-refractivity contribution in [2.45, 2.75) is 0 Å². The van der Waals surface area contributed by atoms with E-state index in [9.17, 15) is 19.2 Å². The highest BCUT2D eigenvalue weighted by molar-refractivity contribution is 6.04. The van der Waals surface area contributed by atoms with Crippen LogP contribution in [-0.4, -0.2) is 44.6 Å². The van der Waals surface area contributed by atoms with Gasteiger partial charge in [-0.2, -0.15) is 0 Å². The summed E-state index contributed by atoms with van der Waals surface area (Å²) >= 11 is 0. The summed E-state index contributed by atoms with van der Waals surface area (Å²) in [4.78, 5) is 45.5. The van der Waals surface area contributed by atoms with Crippen LogP contribution >= 0.6 is 0 Å². The number of urea groups is 1. The van der Waals surface area contributed by atoms with E-state index in [-0.39, 0.29) is 11.1 Å². The number of hydrogen-bond donors (Lipinski definition) is 2. The zero-order valence-electron chi connectivity index (χ0n) is 11.5. The standard InChI is InChI=1S/C13H14N2O6/c1-14-13(19)15-10(16)7-21-12(18)9-6-4-3-5-8(9)11(17)20-2/h3-6H,7H2,1-2H3,(H2,14,15,16,19). The normalized spacial score (nSPS) is 9.43. The molecule has 8 nitrogen and oxygen atoms in total. The third kappa shape index (κ3) is 4.60. The number of amides is 3. The lowest BCUT2D eigenvalue weighted by Crippen LogP contribution is -2.39. The molecule has 0 saturated heterocycles. The molecule has 0 atom stereocenters. The predicted molar refractivity (Wildman–Crippen MR) is 70.7 cm³/mol. The van der Waals surface area contributed by atoms with Gasteiger partial charge in [-0.1, -0.05) is 12.1 Å². The fourth-order valence-corrected chi connectivity index (χ4v) is 1.38. The quantitative estimate of drug-likeness (QED) is 0.761. The summed E-state index contributed by atoms with van der Waals surface area (Å²) in [6, 6.07) is 5.14. The minimum atomic E-state index is -0.872. The summed E-state index contributed by atoms with van der Waals surface area (Å²) in [5, 5.41) is 4.10. The molecule has 0 aromatic heterocycles. The highest BCUT2D eigenvalue weighted by Gasteiger charge is 2.19. The van der Waals surface area contributed by atoms with Crippen LogP contribution in [-0.2, 0) is 14.3 Å². The van der Waals surface area contributed by atoms with Crippen molar-refractivity contribution in [2.24, 2.45) is 0 Å². The van der Waals surface area contributed by atoms with Gasteiger partial charge >= 0.3 is 18.0 Å². The lowest BCUT2D eigenvalue weighted by molar-refractivity contribution is -0.123. The van der Waals surface area contributed by atoms with E-state index in [0.29, 0.717) is 0 Å². The molecule has 0 aliphatic rings. The van der Waals surface area contributed by atoms with Crippen LogP contribution < -0.4 is 10.6 Å². The van der Waals surface area contributed by atoms with Crippen LogP contribution in [0.3, 0.4) is 0 Å². The van der Waals surface area contributed by atoms with Crippen LogP contribution in [0.25, 0.3) is 0 Å². The molecular weight excluding hydrogens is 280 g/mol. The van der Waals surface area contributed by atoms with E-state index in [1.54, 1.807) is 6.07 Å². The Hall–Kier alpha value is -2.90. The molecule has 112 valence electrons. The number of rotatable bonds is 4. The third-order valence-electron chi connectivity index (χ3n) is 2.37. The maximum atomic E-state index is 11.8. The summed E-state index contributed by atoms with van der Waals surface area (Å²) in [6.07, 6.45) is 0. The number of imide groups is 1. The van der Waals surface area contributed by atoms with Crippen LogP contribution in [0.4, 0.5) is 4.79 Å². The fourth-order valence-electron chi connectivity index (χ4n) is 1.38. The Balaban J connectivity index is 2.70. The maximum Gasteiger partial charge on any atom is 0.339 e. The van der Waals surface area contributed by atoms with Crippen molar-refractivity contribution >= 4 is 23.9 Å². The molecule has 0 aliphatic heterocycles. The van der Waals surface area contributed by atoms with E-state index < -0.39 is 30.5 Å². The Morgan fingerprint density at radius 1 is 1.05 bits per heavy atom. The smallest absolute Gasteiger partial charge is 0.339 e. The Bertz CT molecular complexity index is 570. The Morgan fingerprint density at radius 2 is 1.62 bits per heavy atom. The number of benzene rings is 1. The van der Waals surface area contributed by atoms with E-state index in [0.717, 1.165) is 0 Å². The molecule has 0 bridgehead atoms. The van der Waals surface area contributed by atoms with Gasteiger partial charge in [-0.25, -0.2) is 14.4 Å². The molecule has 2 N–H and O–H groups in total. The molecular formula is C13H14N2O6. The average molecular weight is 294 g/mol. The molecule has 0 unspecified atom stereocenters. The van der Waals surface area contributed by atoms with Gasteiger partial charge in [0.2, 0.25) is 0 Å². The van der Waals surface area contributed by atoms with Gasteiger partial charge < -0.3 is 14.8 Å². The second-order valence-electron chi connectivity index (χ2n) is 3.74. The lowest BCUT2D eigenvalue weighted by Gasteiger charge is -2.08. The minimum absolute atomic E-state index is 0.0247. The van der Waals surface area contributed by atoms with Crippen LogP contribution in [0.5, 0.6) is 0 Å². The Kier molecular flexibility index (Phi) is 5.87. The number of methoxy groups -OCH3 is 1. The first-order chi connectivity index (χ1) is 9.99. The second kappa shape index (κ2) is 7.63. The van der Waals surface area contributed by atoms with Crippen molar-refractivity contribution in [1.29, 1.82) is 0 Å². The molecule has 0 radical (unpaired) electrons. The molecule has 1 aromatic carbocycles. The van der Waals surface area contributed by atoms with Gasteiger partial charge in [0.15, 0.2) is 6.61 Å². The number of esters is 2. The highest BCUT2D eigenvalue weighted by atomic mass is 16.5. The average Bonchev–Trinajstić information content (AvgIpc) is 2.51. The Morgan fingerprint density at radius 3 is 2.14 bits per heavy atom. The van der Waals surface area contributed by atoms with Gasteiger partial charge in [0, 0.05) is 7.05 Å². The molecule has 0 aliphatic carbocycles. The van der Waals surface area contributed by atoms with Gasteiger partial charge in [-0.05, 0) is 12.1 Å². The first-order valence-electron chi connectivity index (χ1n) is 5.85. The second-order valence-corrected chi connectivity index (χ2v) is 3.74. The molecule has 0 saturated carbocycles. The molecule has 0 heterocycles. The Labute approximate surface area is 120 Å². The van der Waals surface area contributed by atoms with Crippen molar-refractivity contribution in [3.8, 4) is 0 Å². The van der Waals surface area contributed by atoms with Crippen molar-refractivity contribution in [3.05, 3.63) is 35.4 Å². The van der Waals surface area contributed by atoms with Gasteiger partial charge in [0.25, 0.3) is 5.91 Å². The van der Waals surface area contributed by atoms with Crippen LogP contribution in [0.1, 0.15) is 20.7 Å². The summed E-state index contributed by atoms with van der Waals surface area (Å²) in [6.45, 7) is -0.651. The number of hydrogen-bond acceptors (Lipinski definition) is 6. The summed E-state index contributed by atoms with van der Waals surface area (Å²) < 4.78 is 9.27. The largest absolute Gasteiger partial charge is 0.465 e. The van der Waals surface area contributed by atoms with Crippen molar-refractivity contribution in [2.75, 3.05) is 20.8 Å². The van der Waals surface area contributed by atoms with E-state index in [1.807, 2.05) is 5.32 Å². The van der Waals surface area contributed by atoms with Crippen LogP contribution in [0.15, 0.2) is 24.3 Å². The molecule has 3 amide bonds. The van der Waals surface area contributed by atoms with Gasteiger partial charge in [0.05, 0.1) is 18.2 Å². The lowest BCUT2D eigenvalue weighted by atomic mass is 10.1. The predicted octanol–water partition coefficient (Wildman–Crippen LogP) is 0.0856. The van der Waals surface area contributed by atoms with Crippen LogP contribution in [0.2, 0.25) is 0 Å². The highest BCUT2D eigenvalue weighted by Crippen LogP contribution is 2.11. The molecule has 1 rings (SSSR count). The number of ether oxygens (including phenoxy) is 2. The summed E-state index contributed by atoms with van der Waals surface area (Å²) in [5.74, 6) is -2.36. The fraction of sp³-hybridized carbons (Fsp3) is 0.231. The SMILES string of the molecule is CNC(=O)NC(=O)COC(=O)c1ccccc1C(=O)OC. The zero-order chi connectivity index (χ0) is 15.8. The third-order valence-corrected chi connectivity index (χ3v) is 2.37. The minimum Gasteiger partial charge on any atom is -0.465 e. The van der Waals surface area contributed by atoms with E-state index in [4.69, 9.17) is 4.74 Å².